The van der Waals surface area contributed by atoms with Crippen molar-refractivity contribution in [3.05, 3.63) is 64.4 Å². The van der Waals surface area contributed by atoms with Crippen molar-refractivity contribution in [3.8, 4) is 0 Å². The highest BCUT2D eigenvalue weighted by Crippen LogP contribution is 2.16. The average molecular weight is 406 g/mol. The molecule has 0 aliphatic carbocycles. The van der Waals surface area contributed by atoms with Crippen LogP contribution in [-0.2, 0) is 0 Å². The normalized spacial score (nSPS) is 15.2. The molecule has 1 heterocycles. The third kappa shape index (κ3) is 4.80. The van der Waals surface area contributed by atoms with Gasteiger partial charge in [-0.2, -0.15) is 0 Å². The number of amides is 1. The second kappa shape index (κ2) is 8.45. The summed E-state index contributed by atoms with van der Waals surface area (Å²) in [6.07, 6.45) is 0. The lowest BCUT2D eigenvalue weighted by Crippen LogP contribution is -2.48. The smallest absolute Gasteiger partial charge is 0.254 e. The Balaban J connectivity index is 1.42. The van der Waals surface area contributed by atoms with E-state index in [-0.39, 0.29) is 11.5 Å². The van der Waals surface area contributed by atoms with Crippen LogP contribution in [0.3, 0.4) is 0 Å². The fraction of sp³-hybridized carbons (Fsp3) is 0.316. The van der Waals surface area contributed by atoms with Gasteiger partial charge in [-0.15, -0.1) is 0 Å². The Labute approximate surface area is 155 Å². The van der Waals surface area contributed by atoms with E-state index in [0.29, 0.717) is 11.0 Å². The summed E-state index contributed by atoms with van der Waals surface area (Å²) in [5, 5.41) is 2.80. The second-order valence-corrected chi connectivity index (χ2v) is 6.96. The van der Waals surface area contributed by atoms with Gasteiger partial charge in [-0.3, -0.25) is 9.69 Å². The fourth-order valence-corrected chi connectivity index (χ4v) is 3.30. The molecule has 1 aliphatic rings. The molecule has 0 bridgehead atoms. The van der Waals surface area contributed by atoms with Gasteiger partial charge in [0.2, 0.25) is 0 Å². The van der Waals surface area contributed by atoms with Crippen LogP contribution in [0.25, 0.3) is 0 Å². The zero-order chi connectivity index (χ0) is 17.6. The monoisotopic (exact) mass is 405 g/mol. The predicted molar refractivity (Wildman–Crippen MR) is 102 cm³/mol. The van der Waals surface area contributed by atoms with Crippen molar-refractivity contribution in [1.82, 2.24) is 10.2 Å². The summed E-state index contributed by atoms with van der Waals surface area (Å²) in [5.74, 6) is -0.878. The van der Waals surface area contributed by atoms with Crippen LogP contribution in [0.2, 0.25) is 0 Å². The fourth-order valence-electron chi connectivity index (χ4n) is 2.96. The number of nitrogens with one attached hydrogen (secondary N) is 1. The first-order chi connectivity index (χ1) is 12.1. The SMILES string of the molecule is O=C(NCCN1CCN(c2ccccc2)CC1)c1ccc(Br)cc1F. The van der Waals surface area contributed by atoms with Gasteiger partial charge in [0.1, 0.15) is 5.82 Å². The molecule has 1 saturated heterocycles. The van der Waals surface area contributed by atoms with Crippen LogP contribution in [0.4, 0.5) is 10.1 Å². The first-order valence-corrected chi connectivity index (χ1v) is 9.18. The lowest BCUT2D eigenvalue weighted by atomic mass is 10.2. The van der Waals surface area contributed by atoms with Gasteiger partial charge in [-0.25, -0.2) is 4.39 Å². The molecule has 4 nitrogen and oxygen atoms in total. The molecule has 1 amide bonds. The van der Waals surface area contributed by atoms with Gasteiger partial charge in [0.15, 0.2) is 0 Å². The molecule has 1 fully saturated rings. The van der Waals surface area contributed by atoms with Crippen molar-refractivity contribution in [3.63, 3.8) is 0 Å². The first kappa shape index (κ1) is 17.9. The highest BCUT2D eigenvalue weighted by atomic mass is 79.9. The maximum atomic E-state index is 13.8. The topological polar surface area (TPSA) is 35.6 Å². The molecule has 2 aromatic carbocycles. The zero-order valence-electron chi connectivity index (χ0n) is 13.9. The van der Waals surface area contributed by atoms with E-state index in [9.17, 15) is 9.18 Å². The number of para-hydroxylation sites is 1. The van der Waals surface area contributed by atoms with E-state index >= 15 is 0 Å². The Morgan fingerprint density at radius 1 is 1.08 bits per heavy atom. The minimum Gasteiger partial charge on any atom is -0.369 e. The van der Waals surface area contributed by atoms with Gasteiger partial charge < -0.3 is 10.2 Å². The summed E-state index contributed by atoms with van der Waals surface area (Å²) in [6.45, 7) is 5.14. The van der Waals surface area contributed by atoms with E-state index in [0.717, 1.165) is 32.7 Å². The van der Waals surface area contributed by atoms with Crippen LogP contribution in [-0.4, -0.2) is 50.1 Å². The van der Waals surface area contributed by atoms with E-state index in [1.165, 1.54) is 17.8 Å². The van der Waals surface area contributed by atoms with E-state index in [1.54, 1.807) is 6.07 Å². The Hall–Kier alpha value is -1.92. The lowest BCUT2D eigenvalue weighted by Gasteiger charge is -2.36. The number of anilines is 1. The number of benzene rings is 2. The average Bonchev–Trinajstić information content (AvgIpc) is 2.63. The summed E-state index contributed by atoms with van der Waals surface area (Å²) in [4.78, 5) is 16.7. The number of nitrogens with zero attached hydrogens (tertiary/aromatic N) is 2. The Morgan fingerprint density at radius 2 is 1.80 bits per heavy atom. The minimum atomic E-state index is -0.511. The summed E-state index contributed by atoms with van der Waals surface area (Å²) in [5.41, 5.74) is 1.33. The van der Waals surface area contributed by atoms with Gasteiger partial charge >= 0.3 is 0 Å². The van der Waals surface area contributed by atoms with Gasteiger partial charge in [0.05, 0.1) is 5.56 Å². The zero-order valence-corrected chi connectivity index (χ0v) is 15.5. The number of rotatable bonds is 5. The number of piperazine rings is 1. The highest BCUT2D eigenvalue weighted by Gasteiger charge is 2.17. The van der Waals surface area contributed by atoms with E-state index in [1.807, 2.05) is 6.07 Å². The Morgan fingerprint density at radius 3 is 2.48 bits per heavy atom. The van der Waals surface area contributed by atoms with Crippen molar-refractivity contribution in [2.45, 2.75) is 0 Å². The minimum absolute atomic E-state index is 0.0806. The van der Waals surface area contributed by atoms with Gasteiger partial charge in [-0.1, -0.05) is 34.1 Å². The van der Waals surface area contributed by atoms with Crippen LogP contribution >= 0.6 is 15.9 Å². The summed E-state index contributed by atoms with van der Waals surface area (Å²) >= 11 is 3.19. The van der Waals surface area contributed by atoms with E-state index < -0.39 is 5.82 Å². The Kier molecular flexibility index (Phi) is 6.04. The highest BCUT2D eigenvalue weighted by molar-refractivity contribution is 9.10. The molecule has 1 N–H and O–H groups in total. The molecular weight excluding hydrogens is 385 g/mol. The summed E-state index contributed by atoms with van der Waals surface area (Å²) < 4.78 is 14.4. The number of carbonyl (C=O) groups excluding carboxylic acids is 1. The molecule has 0 unspecified atom stereocenters. The molecule has 0 radical (unpaired) electrons. The quantitative estimate of drug-likeness (QED) is 0.829. The van der Waals surface area contributed by atoms with Crippen molar-refractivity contribution >= 4 is 27.5 Å². The molecular formula is C19H21BrFN3O. The van der Waals surface area contributed by atoms with Gasteiger partial charge in [0.25, 0.3) is 5.91 Å². The number of halogens is 2. The molecule has 0 saturated carbocycles. The number of carbonyl (C=O) groups is 1. The van der Waals surface area contributed by atoms with Crippen molar-refractivity contribution in [1.29, 1.82) is 0 Å². The van der Waals surface area contributed by atoms with E-state index in [4.69, 9.17) is 0 Å². The van der Waals surface area contributed by atoms with Crippen LogP contribution in [0.1, 0.15) is 10.4 Å². The van der Waals surface area contributed by atoms with Crippen molar-refractivity contribution in [2.24, 2.45) is 0 Å². The predicted octanol–water partition coefficient (Wildman–Crippen LogP) is 3.14. The van der Waals surface area contributed by atoms with Crippen LogP contribution < -0.4 is 10.2 Å². The maximum Gasteiger partial charge on any atom is 0.254 e. The maximum absolute atomic E-state index is 13.8. The van der Waals surface area contributed by atoms with Crippen LogP contribution in [0.15, 0.2) is 53.0 Å². The molecule has 2 aromatic rings. The number of hydrogen-bond donors (Lipinski definition) is 1. The molecule has 3 rings (SSSR count). The molecule has 0 spiro atoms. The van der Waals surface area contributed by atoms with E-state index in [2.05, 4.69) is 55.3 Å². The van der Waals surface area contributed by atoms with Crippen molar-refractivity contribution in [2.75, 3.05) is 44.2 Å². The van der Waals surface area contributed by atoms with Gasteiger partial charge in [-0.05, 0) is 30.3 Å². The third-order valence-electron chi connectivity index (χ3n) is 4.38. The third-order valence-corrected chi connectivity index (χ3v) is 4.88. The summed E-state index contributed by atoms with van der Waals surface area (Å²) in [7, 11) is 0. The Bertz CT molecular complexity index is 718. The molecule has 25 heavy (non-hydrogen) atoms. The van der Waals surface area contributed by atoms with Crippen molar-refractivity contribution < 1.29 is 9.18 Å². The van der Waals surface area contributed by atoms with Crippen LogP contribution in [0, 0.1) is 5.82 Å². The molecule has 0 atom stereocenters. The van der Waals surface area contributed by atoms with Crippen LogP contribution in [0.5, 0.6) is 0 Å². The first-order valence-electron chi connectivity index (χ1n) is 8.39. The molecule has 6 heteroatoms. The number of hydrogen-bond acceptors (Lipinski definition) is 3. The van der Waals surface area contributed by atoms with Gasteiger partial charge in [0, 0.05) is 49.4 Å². The largest absolute Gasteiger partial charge is 0.369 e. The molecule has 1 aliphatic heterocycles. The molecule has 132 valence electrons. The molecule has 0 aromatic heterocycles. The second-order valence-electron chi connectivity index (χ2n) is 6.04. The standard InChI is InChI=1S/C19H21BrFN3O/c20-15-6-7-17(18(21)14-15)19(25)22-8-9-23-10-12-24(13-11-23)16-4-2-1-3-5-16/h1-7,14H,8-13H2,(H,22,25). The summed E-state index contributed by atoms with van der Waals surface area (Å²) in [6, 6.07) is 14.9. The lowest BCUT2D eigenvalue weighted by molar-refractivity contribution is 0.0943.